The van der Waals surface area contributed by atoms with E-state index < -0.39 is 5.82 Å². The maximum absolute atomic E-state index is 13.2. The van der Waals surface area contributed by atoms with Crippen molar-refractivity contribution in [2.24, 2.45) is 0 Å². The molecule has 0 aromatic heterocycles. The van der Waals surface area contributed by atoms with E-state index in [2.05, 4.69) is 21.2 Å². The van der Waals surface area contributed by atoms with Crippen molar-refractivity contribution in [3.63, 3.8) is 0 Å². The molecule has 19 heavy (non-hydrogen) atoms. The van der Waals surface area contributed by atoms with E-state index in [9.17, 15) is 9.18 Å². The Morgan fingerprint density at radius 2 is 1.89 bits per heavy atom. The van der Waals surface area contributed by atoms with Crippen LogP contribution in [0.3, 0.4) is 0 Å². The third kappa shape index (κ3) is 3.78. The van der Waals surface area contributed by atoms with Crippen LogP contribution >= 0.6 is 27.5 Å². The molecule has 0 spiro atoms. The van der Waals surface area contributed by atoms with Crippen LogP contribution in [0.4, 0.5) is 4.39 Å². The molecule has 5 heteroatoms. The first-order chi connectivity index (χ1) is 9.06. The number of rotatable bonds is 3. The normalized spacial score (nSPS) is 10.3. The standard InChI is InChI=1S/C14H10BrClFNO/c15-11-4-1-9(2-5-11)8-18-14(19)10-3-6-12(16)13(17)7-10/h1-7H,8H2,(H,18,19). The Morgan fingerprint density at radius 3 is 2.53 bits per heavy atom. The monoisotopic (exact) mass is 341 g/mol. The molecule has 0 aliphatic rings. The van der Waals surface area contributed by atoms with Gasteiger partial charge in [-0.05, 0) is 35.9 Å². The lowest BCUT2D eigenvalue weighted by Gasteiger charge is -2.06. The first-order valence-electron chi connectivity index (χ1n) is 5.54. The molecule has 2 aromatic rings. The van der Waals surface area contributed by atoms with Crippen molar-refractivity contribution < 1.29 is 9.18 Å². The SMILES string of the molecule is O=C(NCc1ccc(Br)cc1)c1ccc(Cl)c(F)c1. The predicted octanol–water partition coefficient (Wildman–Crippen LogP) is 4.17. The Kier molecular flexibility index (Phi) is 4.56. The van der Waals surface area contributed by atoms with Gasteiger partial charge in [0.1, 0.15) is 5.82 Å². The van der Waals surface area contributed by atoms with Gasteiger partial charge in [0.2, 0.25) is 0 Å². The Labute approximate surface area is 123 Å². The minimum absolute atomic E-state index is 0.00413. The maximum Gasteiger partial charge on any atom is 0.251 e. The zero-order chi connectivity index (χ0) is 13.8. The van der Waals surface area contributed by atoms with E-state index in [1.165, 1.54) is 12.1 Å². The van der Waals surface area contributed by atoms with Gasteiger partial charge in [0.05, 0.1) is 5.02 Å². The van der Waals surface area contributed by atoms with Gasteiger partial charge < -0.3 is 5.32 Å². The predicted molar refractivity (Wildman–Crippen MR) is 76.7 cm³/mol. The van der Waals surface area contributed by atoms with Crippen LogP contribution < -0.4 is 5.32 Å². The fourth-order valence-corrected chi connectivity index (χ4v) is 1.91. The number of carbonyl (C=O) groups excluding carboxylic acids is 1. The van der Waals surface area contributed by atoms with Crippen LogP contribution in [0, 0.1) is 5.82 Å². The summed E-state index contributed by atoms with van der Waals surface area (Å²) >= 11 is 8.90. The first kappa shape index (κ1) is 14.0. The van der Waals surface area contributed by atoms with E-state index in [4.69, 9.17) is 11.6 Å². The molecule has 2 nitrogen and oxygen atoms in total. The molecule has 98 valence electrons. The van der Waals surface area contributed by atoms with Gasteiger partial charge in [-0.25, -0.2) is 4.39 Å². The van der Waals surface area contributed by atoms with Gasteiger partial charge in [-0.1, -0.05) is 39.7 Å². The van der Waals surface area contributed by atoms with Crippen molar-refractivity contribution in [2.45, 2.75) is 6.54 Å². The van der Waals surface area contributed by atoms with Crippen LogP contribution in [-0.2, 0) is 6.54 Å². The van der Waals surface area contributed by atoms with Crippen LogP contribution in [0.15, 0.2) is 46.9 Å². The number of amides is 1. The molecule has 1 amide bonds. The van der Waals surface area contributed by atoms with Crippen LogP contribution in [0.1, 0.15) is 15.9 Å². The Bertz CT molecular complexity index is 601. The average Bonchev–Trinajstić information content (AvgIpc) is 2.41. The van der Waals surface area contributed by atoms with Crippen LogP contribution in [0.5, 0.6) is 0 Å². The fraction of sp³-hybridized carbons (Fsp3) is 0.0714. The van der Waals surface area contributed by atoms with Gasteiger partial charge in [-0.3, -0.25) is 4.79 Å². The summed E-state index contributed by atoms with van der Waals surface area (Å²) in [5.74, 6) is -0.934. The number of nitrogens with one attached hydrogen (secondary N) is 1. The second kappa shape index (κ2) is 6.17. The van der Waals surface area contributed by atoms with Crippen LogP contribution in [0.25, 0.3) is 0 Å². The van der Waals surface area contributed by atoms with E-state index in [-0.39, 0.29) is 16.5 Å². The van der Waals surface area contributed by atoms with Gasteiger partial charge in [-0.2, -0.15) is 0 Å². The molecular weight excluding hydrogens is 333 g/mol. The summed E-state index contributed by atoms with van der Waals surface area (Å²) in [6.07, 6.45) is 0. The summed E-state index contributed by atoms with van der Waals surface area (Å²) in [7, 11) is 0. The summed E-state index contributed by atoms with van der Waals surface area (Å²) in [6, 6.07) is 11.6. The van der Waals surface area contributed by atoms with Crippen molar-refractivity contribution in [3.8, 4) is 0 Å². The fourth-order valence-electron chi connectivity index (χ4n) is 1.52. The molecule has 0 aliphatic heterocycles. The number of hydrogen-bond donors (Lipinski definition) is 1. The van der Waals surface area contributed by atoms with Crippen LogP contribution in [0.2, 0.25) is 5.02 Å². The molecule has 0 saturated carbocycles. The maximum atomic E-state index is 13.2. The summed E-state index contributed by atoms with van der Waals surface area (Å²) in [5, 5.41) is 2.72. The minimum atomic E-state index is -0.599. The van der Waals surface area contributed by atoms with Gasteiger partial charge in [-0.15, -0.1) is 0 Å². The quantitative estimate of drug-likeness (QED) is 0.891. The summed E-state index contributed by atoms with van der Waals surface area (Å²) in [4.78, 5) is 11.8. The number of benzene rings is 2. The molecule has 0 heterocycles. The van der Waals surface area contributed by atoms with E-state index in [0.29, 0.717) is 6.54 Å². The highest BCUT2D eigenvalue weighted by atomic mass is 79.9. The zero-order valence-electron chi connectivity index (χ0n) is 9.79. The molecule has 2 rings (SSSR count). The number of carbonyl (C=O) groups is 1. The second-order valence-corrected chi connectivity index (χ2v) is 5.26. The molecule has 0 aliphatic carbocycles. The molecular formula is C14H10BrClFNO. The number of halogens is 3. The van der Waals surface area contributed by atoms with Gasteiger partial charge >= 0.3 is 0 Å². The molecule has 2 aromatic carbocycles. The van der Waals surface area contributed by atoms with E-state index in [0.717, 1.165) is 16.1 Å². The molecule has 0 radical (unpaired) electrons. The molecule has 0 bridgehead atoms. The molecule has 0 unspecified atom stereocenters. The van der Waals surface area contributed by atoms with Gasteiger partial charge in [0, 0.05) is 16.6 Å². The molecule has 0 atom stereocenters. The number of hydrogen-bond acceptors (Lipinski definition) is 1. The summed E-state index contributed by atoms with van der Waals surface area (Å²) < 4.78 is 14.2. The zero-order valence-corrected chi connectivity index (χ0v) is 12.1. The van der Waals surface area contributed by atoms with E-state index in [1.54, 1.807) is 0 Å². The van der Waals surface area contributed by atoms with Crippen molar-refractivity contribution in [1.29, 1.82) is 0 Å². The van der Waals surface area contributed by atoms with Crippen LogP contribution in [-0.4, -0.2) is 5.91 Å². The van der Waals surface area contributed by atoms with Gasteiger partial charge in [0.15, 0.2) is 0 Å². The Morgan fingerprint density at radius 1 is 1.21 bits per heavy atom. The summed E-state index contributed by atoms with van der Waals surface area (Å²) in [5.41, 5.74) is 1.21. The van der Waals surface area contributed by atoms with Crippen molar-refractivity contribution in [3.05, 3.63) is 68.9 Å². The summed E-state index contributed by atoms with van der Waals surface area (Å²) in [6.45, 7) is 0.385. The highest BCUT2D eigenvalue weighted by Gasteiger charge is 2.08. The smallest absolute Gasteiger partial charge is 0.251 e. The lowest BCUT2D eigenvalue weighted by molar-refractivity contribution is 0.0950. The van der Waals surface area contributed by atoms with Crippen molar-refractivity contribution in [2.75, 3.05) is 0 Å². The lowest BCUT2D eigenvalue weighted by atomic mass is 10.2. The van der Waals surface area contributed by atoms with E-state index in [1.807, 2.05) is 24.3 Å². The third-order valence-corrected chi connectivity index (χ3v) is 3.38. The van der Waals surface area contributed by atoms with E-state index >= 15 is 0 Å². The Balaban J connectivity index is 2.01. The minimum Gasteiger partial charge on any atom is -0.348 e. The highest BCUT2D eigenvalue weighted by molar-refractivity contribution is 9.10. The van der Waals surface area contributed by atoms with Crippen molar-refractivity contribution >= 4 is 33.4 Å². The molecule has 0 fully saturated rings. The Hall–Kier alpha value is -1.39. The highest BCUT2D eigenvalue weighted by Crippen LogP contribution is 2.15. The lowest BCUT2D eigenvalue weighted by Crippen LogP contribution is -2.22. The average molecular weight is 343 g/mol. The topological polar surface area (TPSA) is 29.1 Å². The largest absolute Gasteiger partial charge is 0.348 e. The third-order valence-electron chi connectivity index (χ3n) is 2.55. The second-order valence-electron chi connectivity index (χ2n) is 3.94. The van der Waals surface area contributed by atoms with Crippen molar-refractivity contribution in [1.82, 2.24) is 5.32 Å². The first-order valence-corrected chi connectivity index (χ1v) is 6.71. The molecule has 0 saturated heterocycles. The molecule has 1 N–H and O–H groups in total. The van der Waals surface area contributed by atoms with Gasteiger partial charge in [0.25, 0.3) is 5.91 Å².